The van der Waals surface area contributed by atoms with Gasteiger partial charge in [0.05, 0.1) is 0 Å². The van der Waals surface area contributed by atoms with Crippen molar-refractivity contribution in [3.8, 4) is 0 Å². The Kier molecular flexibility index (Phi) is 5.06. The third-order valence-corrected chi connectivity index (χ3v) is 0.766. The first-order valence-electron chi connectivity index (χ1n) is 2.61. The highest BCUT2D eigenvalue weighted by Gasteiger charge is 1.79. The van der Waals surface area contributed by atoms with Crippen LogP contribution in [0.1, 0.15) is 19.8 Å². The molecule has 0 aromatic carbocycles. The summed E-state index contributed by atoms with van der Waals surface area (Å²) in [4.78, 5) is 2.68. The lowest BCUT2D eigenvalue weighted by Crippen LogP contribution is -2.68. The summed E-state index contributed by atoms with van der Waals surface area (Å²) >= 11 is 0. The van der Waals surface area contributed by atoms with Crippen LogP contribution in [0.15, 0.2) is 0 Å². The zero-order valence-corrected chi connectivity index (χ0v) is 4.65. The van der Waals surface area contributed by atoms with Gasteiger partial charge in [-0.25, -0.2) is 4.99 Å². The summed E-state index contributed by atoms with van der Waals surface area (Å²) in [5.74, 6) is 0. The molecular weight excluding hydrogens is 90.1 g/mol. The number of hydrogen-bond donors (Lipinski definition) is 2. The smallest absolute Gasteiger partial charge is 0.319 e. The molecule has 0 saturated heterocycles. The first kappa shape index (κ1) is 6.47. The van der Waals surface area contributed by atoms with Crippen molar-refractivity contribution < 1.29 is 10.1 Å². The van der Waals surface area contributed by atoms with Crippen LogP contribution in [0.25, 0.3) is 0 Å². The lowest BCUT2D eigenvalue weighted by Gasteiger charge is -1.78. The van der Waals surface area contributed by atoms with Crippen LogP contribution in [0.4, 0.5) is 0 Å². The van der Waals surface area contributed by atoms with Gasteiger partial charge < -0.3 is 5.11 Å². The van der Waals surface area contributed by atoms with E-state index in [0.717, 1.165) is 19.4 Å². The summed E-state index contributed by atoms with van der Waals surface area (Å²) < 4.78 is 0. The minimum atomic E-state index is 0.882. The monoisotopic (exact) mass is 102 g/mol. The maximum atomic E-state index is 8.06. The molecule has 0 radical (unpaired) electrons. The van der Waals surface area contributed by atoms with Gasteiger partial charge in [-0.15, -0.1) is 0 Å². The Labute approximate surface area is 43.9 Å². The Bertz CT molecular complexity index is 52.0. The lowest BCUT2D eigenvalue weighted by molar-refractivity contribution is -0.460. The first-order chi connectivity index (χ1) is 3.41. The molecule has 2 nitrogen and oxygen atoms in total. The summed E-state index contributed by atoms with van der Waals surface area (Å²) in [6.07, 6.45) is 3.27. The first-order valence-corrected chi connectivity index (χ1v) is 2.61. The normalized spacial score (nSPS) is 10.4. The van der Waals surface area contributed by atoms with E-state index in [1.807, 2.05) is 0 Å². The van der Waals surface area contributed by atoms with E-state index in [1.165, 1.54) is 6.42 Å². The summed E-state index contributed by atoms with van der Waals surface area (Å²) in [5, 5.41) is 8.06. The van der Waals surface area contributed by atoms with Crippen LogP contribution in [-0.2, 0) is 0 Å². The number of hydrogen-bond acceptors (Lipinski definition) is 0. The molecule has 0 spiro atoms. The Morgan fingerprint density at radius 1 is 1.71 bits per heavy atom. The minimum absolute atomic E-state index is 0.882. The predicted octanol–water partition coefficient (Wildman–Crippen LogP) is -0.547. The molecule has 0 fully saturated rings. The van der Waals surface area contributed by atoms with E-state index in [1.54, 1.807) is 0 Å². The van der Waals surface area contributed by atoms with E-state index in [-0.39, 0.29) is 0 Å². The number of aliphatic hydroxyl groups excluding tert-OH is 1. The Morgan fingerprint density at radius 2 is 2.43 bits per heavy atom. The van der Waals surface area contributed by atoms with Crippen LogP contribution >= 0.6 is 0 Å². The quantitative estimate of drug-likeness (QED) is 0.280. The van der Waals surface area contributed by atoms with Crippen molar-refractivity contribution in [3.63, 3.8) is 0 Å². The Morgan fingerprint density at radius 3 is 2.86 bits per heavy atom. The van der Waals surface area contributed by atoms with E-state index in [9.17, 15) is 0 Å². The molecule has 2 heteroatoms. The lowest BCUT2D eigenvalue weighted by atomic mass is 10.3. The second kappa shape index (κ2) is 5.47. The molecule has 0 aromatic rings. The highest BCUT2D eigenvalue weighted by molar-refractivity contribution is 5.33. The second-order valence-electron chi connectivity index (χ2n) is 1.44. The summed E-state index contributed by atoms with van der Waals surface area (Å²) in [7, 11) is 0. The van der Waals surface area contributed by atoms with Crippen LogP contribution in [0, 0.1) is 0 Å². The molecule has 0 bridgehead atoms. The summed E-state index contributed by atoms with van der Waals surface area (Å²) in [5.41, 5.74) is 0. The van der Waals surface area contributed by atoms with Crippen molar-refractivity contribution in [3.05, 3.63) is 0 Å². The Hall–Kier alpha value is -0.530. The van der Waals surface area contributed by atoms with Gasteiger partial charge in [0.2, 0.25) is 0 Å². The average Bonchev–Trinajstić information content (AvgIpc) is 1.69. The third-order valence-electron chi connectivity index (χ3n) is 0.766. The highest BCUT2D eigenvalue weighted by atomic mass is 16.3. The molecule has 0 heterocycles. The summed E-state index contributed by atoms with van der Waals surface area (Å²) in [6.45, 7) is 2.99. The van der Waals surface area contributed by atoms with Gasteiger partial charge in [-0.1, -0.05) is 13.3 Å². The standard InChI is InChI=1S/C5H11NO/c1-2-3-4-6-5-7/h5H,2-4H2,1H3,(H,6,7)/p+1. The van der Waals surface area contributed by atoms with Crippen molar-refractivity contribution in [2.75, 3.05) is 6.54 Å². The van der Waals surface area contributed by atoms with Crippen molar-refractivity contribution in [1.29, 1.82) is 0 Å². The van der Waals surface area contributed by atoms with Crippen molar-refractivity contribution in [2.24, 2.45) is 0 Å². The molecule has 0 amide bonds. The minimum Gasteiger partial charge on any atom is -0.466 e. The maximum Gasteiger partial charge on any atom is 0.319 e. The maximum absolute atomic E-state index is 8.06. The highest BCUT2D eigenvalue weighted by Crippen LogP contribution is 1.76. The predicted molar refractivity (Wildman–Crippen MR) is 29.4 cm³/mol. The van der Waals surface area contributed by atoms with Crippen LogP contribution in [0.5, 0.6) is 0 Å². The Balaban J connectivity index is 2.69. The van der Waals surface area contributed by atoms with Crippen LogP contribution in [-0.4, -0.2) is 18.1 Å². The van der Waals surface area contributed by atoms with Gasteiger partial charge in [0, 0.05) is 6.42 Å². The van der Waals surface area contributed by atoms with Gasteiger partial charge in [0.1, 0.15) is 6.54 Å². The second-order valence-corrected chi connectivity index (χ2v) is 1.44. The van der Waals surface area contributed by atoms with E-state index in [0.29, 0.717) is 0 Å². The van der Waals surface area contributed by atoms with Crippen LogP contribution < -0.4 is 4.99 Å². The molecule has 2 N–H and O–H groups in total. The fourth-order valence-corrected chi connectivity index (χ4v) is 0.343. The molecule has 0 unspecified atom stereocenters. The molecule has 42 valence electrons. The molecule has 0 aromatic heterocycles. The molecule has 0 rings (SSSR count). The van der Waals surface area contributed by atoms with Crippen molar-refractivity contribution in [1.82, 2.24) is 0 Å². The van der Waals surface area contributed by atoms with Gasteiger partial charge in [-0.2, -0.15) is 0 Å². The van der Waals surface area contributed by atoms with E-state index in [2.05, 4.69) is 11.9 Å². The fraction of sp³-hybridized carbons (Fsp3) is 0.800. The third kappa shape index (κ3) is 5.47. The molecule has 0 atom stereocenters. The molecule has 0 saturated carbocycles. The fourth-order valence-electron chi connectivity index (χ4n) is 0.343. The van der Waals surface area contributed by atoms with E-state index in [4.69, 9.17) is 5.11 Å². The largest absolute Gasteiger partial charge is 0.466 e. The SMILES string of the molecule is CCCC[NH+]=CO. The van der Waals surface area contributed by atoms with E-state index < -0.39 is 0 Å². The van der Waals surface area contributed by atoms with Gasteiger partial charge in [-0.05, 0) is 0 Å². The van der Waals surface area contributed by atoms with Crippen LogP contribution in [0.3, 0.4) is 0 Å². The van der Waals surface area contributed by atoms with Crippen molar-refractivity contribution >= 4 is 6.40 Å². The molecule has 7 heavy (non-hydrogen) atoms. The number of nitrogens with one attached hydrogen (secondary N) is 1. The van der Waals surface area contributed by atoms with Gasteiger partial charge in [-0.3, -0.25) is 0 Å². The topological polar surface area (TPSA) is 34.2 Å². The molecule has 0 aliphatic heterocycles. The number of aliphatic hydroxyl groups is 1. The van der Waals surface area contributed by atoms with Gasteiger partial charge in [0.25, 0.3) is 0 Å². The zero-order chi connectivity index (χ0) is 5.54. The molecule has 0 aliphatic carbocycles. The zero-order valence-electron chi connectivity index (χ0n) is 4.65. The summed E-state index contributed by atoms with van der Waals surface area (Å²) in [6, 6.07) is 0. The van der Waals surface area contributed by atoms with Crippen molar-refractivity contribution in [2.45, 2.75) is 19.8 Å². The molecular formula is C5H12NO+. The molecule has 0 aliphatic rings. The van der Waals surface area contributed by atoms with Crippen LogP contribution in [0.2, 0.25) is 0 Å². The average molecular weight is 102 g/mol. The van der Waals surface area contributed by atoms with Gasteiger partial charge in [0.15, 0.2) is 0 Å². The number of rotatable bonds is 3. The van der Waals surface area contributed by atoms with Gasteiger partial charge >= 0.3 is 6.40 Å². The van der Waals surface area contributed by atoms with E-state index >= 15 is 0 Å². The number of unbranched alkanes of at least 4 members (excludes halogenated alkanes) is 1.